The predicted octanol–water partition coefficient (Wildman–Crippen LogP) is 2.23. The monoisotopic (exact) mass is 291 g/mol. The first-order valence-electron chi connectivity index (χ1n) is 6.14. The molecule has 0 fully saturated rings. The highest BCUT2D eigenvalue weighted by Gasteiger charge is 2.15. The molecule has 0 bridgehead atoms. The normalized spacial score (nSPS) is 12.4. The molecular weight excluding hydrogens is 274 g/mol. The summed E-state index contributed by atoms with van der Waals surface area (Å²) in [5.41, 5.74) is 1.77. The summed E-state index contributed by atoms with van der Waals surface area (Å²) in [4.78, 5) is 0.0920. The molecule has 0 amide bonds. The first-order valence-corrected chi connectivity index (χ1v) is 7.69. The fourth-order valence-corrected chi connectivity index (χ4v) is 2.42. The van der Waals surface area contributed by atoms with Crippen LogP contribution in [-0.4, -0.2) is 13.5 Å². The van der Waals surface area contributed by atoms with Crippen LogP contribution in [0, 0.1) is 0 Å². The van der Waals surface area contributed by atoms with Gasteiger partial charge >= 0.3 is 0 Å². The molecule has 2 rings (SSSR count). The summed E-state index contributed by atoms with van der Waals surface area (Å²) in [6.45, 7) is 3.45. The molecule has 0 radical (unpaired) electrons. The van der Waals surface area contributed by atoms with Crippen molar-refractivity contribution in [3.8, 4) is 11.1 Å². The van der Waals surface area contributed by atoms with E-state index in [4.69, 9.17) is 5.14 Å². The summed E-state index contributed by atoms with van der Waals surface area (Å²) in [5, 5.41) is 15.0. The van der Waals surface area contributed by atoms with Crippen LogP contribution in [0.15, 0.2) is 53.4 Å². The van der Waals surface area contributed by atoms with Gasteiger partial charge in [-0.05, 0) is 42.7 Å². The van der Waals surface area contributed by atoms with Gasteiger partial charge < -0.3 is 5.11 Å². The number of nitrogens with two attached hydrogens (primary N) is 1. The van der Waals surface area contributed by atoms with Crippen LogP contribution in [-0.2, 0) is 15.6 Å². The minimum absolute atomic E-state index is 0.0920. The molecule has 0 spiro atoms. The second-order valence-electron chi connectivity index (χ2n) is 5.21. The van der Waals surface area contributed by atoms with Gasteiger partial charge in [0.2, 0.25) is 10.0 Å². The van der Waals surface area contributed by atoms with E-state index in [2.05, 4.69) is 0 Å². The first kappa shape index (κ1) is 14.7. The number of sulfonamides is 1. The van der Waals surface area contributed by atoms with Crippen LogP contribution in [0.4, 0.5) is 0 Å². The molecule has 4 nitrogen and oxygen atoms in total. The highest BCUT2D eigenvalue weighted by Crippen LogP contribution is 2.25. The lowest BCUT2D eigenvalue weighted by Crippen LogP contribution is -2.14. The Morgan fingerprint density at radius 1 is 0.900 bits per heavy atom. The van der Waals surface area contributed by atoms with E-state index in [-0.39, 0.29) is 4.90 Å². The van der Waals surface area contributed by atoms with Crippen LogP contribution in [0.25, 0.3) is 11.1 Å². The van der Waals surface area contributed by atoms with Crippen molar-refractivity contribution in [2.24, 2.45) is 5.14 Å². The van der Waals surface area contributed by atoms with Crippen molar-refractivity contribution in [3.63, 3.8) is 0 Å². The van der Waals surface area contributed by atoms with E-state index in [1.165, 1.54) is 12.1 Å². The third kappa shape index (κ3) is 3.25. The van der Waals surface area contributed by atoms with Crippen LogP contribution in [0.2, 0.25) is 0 Å². The Morgan fingerprint density at radius 2 is 1.30 bits per heavy atom. The molecule has 3 N–H and O–H groups in total. The van der Waals surface area contributed by atoms with E-state index in [9.17, 15) is 13.5 Å². The summed E-state index contributed by atoms with van der Waals surface area (Å²) < 4.78 is 22.4. The molecule has 2 aromatic rings. The van der Waals surface area contributed by atoms with Crippen molar-refractivity contribution in [2.45, 2.75) is 24.3 Å². The average Bonchev–Trinajstić information content (AvgIpc) is 2.37. The SMILES string of the molecule is CC(C)(O)c1ccc(-c2ccc(S(N)(=O)=O)cc2)cc1. The quantitative estimate of drug-likeness (QED) is 0.910. The Labute approximate surface area is 118 Å². The van der Waals surface area contributed by atoms with Gasteiger partial charge in [-0.2, -0.15) is 0 Å². The zero-order valence-electron chi connectivity index (χ0n) is 11.4. The molecule has 106 valence electrons. The Kier molecular flexibility index (Phi) is 3.69. The van der Waals surface area contributed by atoms with Gasteiger partial charge in [0.1, 0.15) is 0 Å². The lowest BCUT2D eigenvalue weighted by Gasteiger charge is -2.17. The minimum atomic E-state index is -3.66. The molecule has 0 saturated carbocycles. The van der Waals surface area contributed by atoms with Crippen molar-refractivity contribution in [1.82, 2.24) is 0 Å². The van der Waals surface area contributed by atoms with E-state index < -0.39 is 15.6 Å². The summed E-state index contributed by atoms with van der Waals surface area (Å²) in [7, 11) is -3.66. The van der Waals surface area contributed by atoms with Crippen LogP contribution in [0.3, 0.4) is 0 Å². The number of hydrogen-bond donors (Lipinski definition) is 2. The maximum absolute atomic E-state index is 11.2. The van der Waals surface area contributed by atoms with Gasteiger partial charge in [-0.1, -0.05) is 36.4 Å². The third-order valence-electron chi connectivity index (χ3n) is 3.11. The second-order valence-corrected chi connectivity index (χ2v) is 6.77. The van der Waals surface area contributed by atoms with Crippen molar-refractivity contribution in [1.29, 1.82) is 0 Å². The van der Waals surface area contributed by atoms with E-state index in [0.29, 0.717) is 0 Å². The van der Waals surface area contributed by atoms with Crippen LogP contribution >= 0.6 is 0 Å². The summed E-state index contributed by atoms with van der Waals surface area (Å²) >= 11 is 0. The summed E-state index contributed by atoms with van der Waals surface area (Å²) in [5.74, 6) is 0. The largest absolute Gasteiger partial charge is 0.386 e. The molecule has 5 heteroatoms. The molecule has 0 unspecified atom stereocenters. The fraction of sp³-hybridized carbons (Fsp3) is 0.200. The lowest BCUT2D eigenvalue weighted by atomic mass is 9.95. The number of rotatable bonds is 3. The molecule has 0 aromatic heterocycles. The highest BCUT2D eigenvalue weighted by molar-refractivity contribution is 7.89. The van der Waals surface area contributed by atoms with E-state index in [1.807, 2.05) is 24.3 Å². The van der Waals surface area contributed by atoms with Crippen molar-refractivity contribution in [2.75, 3.05) is 0 Å². The van der Waals surface area contributed by atoms with Crippen molar-refractivity contribution in [3.05, 3.63) is 54.1 Å². The van der Waals surface area contributed by atoms with Crippen LogP contribution in [0.5, 0.6) is 0 Å². The van der Waals surface area contributed by atoms with Gasteiger partial charge in [-0.3, -0.25) is 0 Å². The smallest absolute Gasteiger partial charge is 0.238 e. The molecule has 0 aliphatic heterocycles. The van der Waals surface area contributed by atoms with Gasteiger partial charge in [-0.15, -0.1) is 0 Å². The van der Waals surface area contributed by atoms with Gasteiger partial charge in [0.05, 0.1) is 10.5 Å². The van der Waals surface area contributed by atoms with E-state index >= 15 is 0 Å². The lowest BCUT2D eigenvalue weighted by molar-refractivity contribution is 0.0786. The van der Waals surface area contributed by atoms with Crippen LogP contribution < -0.4 is 5.14 Å². The van der Waals surface area contributed by atoms with E-state index in [1.54, 1.807) is 26.0 Å². The molecule has 20 heavy (non-hydrogen) atoms. The summed E-state index contributed by atoms with van der Waals surface area (Å²) in [6.07, 6.45) is 0. The van der Waals surface area contributed by atoms with Gasteiger partial charge in [0.15, 0.2) is 0 Å². The van der Waals surface area contributed by atoms with Crippen LogP contribution in [0.1, 0.15) is 19.4 Å². The topological polar surface area (TPSA) is 80.4 Å². The zero-order valence-corrected chi connectivity index (χ0v) is 12.2. The van der Waals surface area contributed by atoms with E-state index in [0.717, 1.165) is 16.7 Å². The molecule has 0 aliphatic carbocycles. The van der Waals surface area contributed by atoms with Gasteiger partial charge in [0, 0.05) is 0 Å². The Morgan fingerprint density at radius 3 is 1.65 bits per heavy atom. The fourth-order valence-electron chi connectivity index (χ4n) is 1.91. The second kappa shape index (κ2) is 5.01. The highest BCUT2D eigenvalue weighted by atomic mass is 32.2. The Hall–Kier alpha value is -1.69. The number of benzene rings is 2. The van der Waals surface area contributed by atoms with Crippen molar-refractivity contribution >= 4 is 10.0 Å². The molecule has 0 heterocycles. The Bertz CT molecular complexity index is 696. The van der Waals surface area contributed by atoms with Gasteiger partial charge in [0.25, 0.3) is 0 Å². The zero-order chi connectivity index (χ0) is 15.0. The molecule has 0 saturated heterocycles. The average molecular weight is 291 g/mol. The standard InChI is InChI=1S/C15H17NO3S/c1-15(2,17)13-7-3-11(4-8-13)12-5-9-14(10-6-12)20(16,18)19/h3-10,17H,1-2H3,(H2,16,18,19). The predicted molar refractivity (Wildman–Crippen MR) is 78.5 cm³/mol. The number of hydrogen-bond acceptors (Lipinski definition) is 3. The molecular formula is C15H17NO3S. The number of aliphatic hydroxyl groups is 1. The molecule has 2 aromatic carbocycles. The van der Waals surface area contributed by atoms with Gasteiger partial charge in [-0.25, -0.2) is 13.6 Å². The minimum Gasteiger partial charge on any atom is -0.386 e. The maximum Gasteiger partial charge on any atom is 0.238 e. The Balaban J connectivity index is 2.33. The van der Waals surface area contributed by atoms with Crippen molar-refractivity contribution < 1.29 is 13.5 Å². The molecule has 0 aliphatic rings. The number of primary sulfonamides is 1. The molecule has 0 atom stereocenters. The summed E-state index contributed by atoms with van der Waals surface area (Å²) in [6, 6.07) is 13.9. The first-order chi connectivity index (χ1) is 9.18. The maximum atomic E-state index is 11.2. The third-order valence-corrected chi connectivity index (χ3v) is 4.04.